The van der Waals surface area contributed by atoms with Crippen LogP contribution >= 0.6 is 0 Å². The van der Waals surface area contributed by atoms with Crippen molar-refractivity contribution in [1.29, 1.82) is 5.41 Å². The van der Waals surface area contributed by atoms with E-state index in [1.165, 1.54) is 24.1 Å². The molecule has 8 N–H and O–H groups in total. The number of nitrogen functional groups attached to an aromatic ring is 1. The zero-order valence-corrected chi connectivity index (χ0v) is 22.8. The molecule has 0 spiro atoms. The second kappa shape index (κ2) is 13.6. The topological polar surface area (TPSA) is 212 Å². The molecule has 0 bridgehead atoms. The van der Waals surface area contributed by atoms with Crippen molar-refractivity contribution in [3.63, 3.8) is 0 Å². The van der Waals surface area contributed by atoms with Crippen molar-refractivity contribution >= 4 is 35.3 Å². The lowest BCUT2D eigenvalue weighted by molar-refractivity contribution is -0.165. The number of nitrogens with zero attached hydrogens (tertiary/aromatic N) is 2. The maximum absolute atomic E-state index is 13.6. The van der Waals surface area contributed by atoms with Crippen molar-refractivity contribution in [2.45, 2.75) is 31.7 Å². The summed E-state index contributed by atoms with van der Waals surface area (Å²) in [6.45, 7) is 1.19. The predicted octanol–water partition coefficient (Wildman–Crippen LogP) is -0.117. The van der Waals surface area contributed by atoms with Gasteiger partial charge in [0.25, 0.3) is 17.7 Å². The van der Waals surface area contributed by atoms with Gasteiger partial charge in [0.2, 0.25) is 0 Å². The Morgan fingerprint density at radius 1 is 0.976 bits per heavy atom. The molecule has 0 radical (unpaired) electrons. The first kappa shape index (κ1) is 30.9. The van der Waals surface area contributed by atoms with Gasteiger partial charge in [-0.05, 0) is 62.6 Å². The minimum absolute atomic E-state index is 0.0110. The molecule has 3 rings (SSSR count). The highest BCUT2D eigenvalue weighted by molar-refractivity contribution is 6.11. The number of ketones is 1. The average Bonchev–Trinajstić information content (AvgIpc) is 2.94. The third-order valence-corrected chi connectivity index (χ3v) is 6.95. The van der Waals surface area contributed by atoms with Crippen LogP contribution in [0.2, 0.25) is 0 Å². The third-order valence-electron chi connectivity index (χ3n) is 6.95. The summed E-state index contributed by atoms with van der Waals surface area (Å²) in [6, 6.07) is 12.9. The van der Waals surface area contributed by atoms with E-state index < -0.39 is 41.6 Å². The van der Waals surface area contributed by atoms with Crippen LogP contribution in [-0.4, -0.2) is 88.6 Å². The zero-order valence-electron chi connectivity index (χ0n) is 22.8. The summed E-state index contributed by atoms with van der Waals surface area (Å²) in [6.07, 6.45) is 0.732. The van der Waals surface area contributed by atoms with Crippen LogP contribution in [0, 0.1) is 5.41 Å². The van der Waals surface area contributed by atoms with Gasteiger partial charge >= 0.3 is 5.97 Å². The summed E-state index contributed by atoms with van der Waals surface area (Å²) in [5.74, 6) is -3.58. The zero-order chi connectivity index (χ0) is 30.2. The van der Waals surface area contributed by atoms with Crippen molar-refractivity contribution in [2.75, 3.05) is 32.7 Å². The maximum Gasteiger partial charge on any atom is 0.323 e. The Kier molecular flexibility index (Phi) is 10.3. The van der Waals surface area contributed by atoms with Crippen LogP contribution in [0.5, 0.6) is 0 Å². The Morgan fingerprint density at radius 3 is 2.12 bits per heavy atom. The summed E-state index contributed by atoms with van der Waals surface area (Å²) in [4.78, 5) is 64.9. The molecule has 1 fully saturated rings. The maximum atomic E-state index is 13.6. The van der Waals surface area contributed by atoms with E-state index in [2.05, 4.69) is 10.7 Å². The first-order chi connectivity index (χ1) is 19.5. The standard InChI is InChI=1S/C28H35N7O6/c1-18(36)28(12-2-14-32-25(39)21-9-7-20(8-10-21)24(30)31)27(41)34(17-23(37)38)15-16-35(28)33-26(40)22-5-3-19(4-6-22)11-13-29/h3-10H,2,11-17,29H2,1H3,(H3,30,31)(H,32,39)(H,33,40)(H,37,38). The highest BCUT2D eigenvalue weighted by atomic mass is 16.4. The van der Waals surface area contributed by atoms with Crippen molar-refractivity contribution in [1.82, 2.24) is 20.7 Å². The molecule has 1 atom stereocenters. The van der Waals surface area contributed by atoms with E-state index in [4.69, 9.17) is 16.9 Å². The summed E-state index contributed by atoms with van der Waals surface area (Å²) in [7, 11) is 0. The number of piperazine rings is 1. The number of carboxylic acid groups (broad SMARTS) is 1. The molecule has 1 unspecified atom stereocenters. The molecule has 1 aliphatic rings. The summed E-state index contributed by atoms with van der Waals surface area (Å²) in [5, 5.41) is 20.8. The predicted molar refractivity (Wildman–Crippen MR) is 150 cm³/mol. The van der Waals surface area contributed by atoms with Gasteiger partial charge in [-0.1, -0.05) is 24.3 Å². The highest BCUT2D eigenvalue weighted by Gasteiger charge is 2.53. The van der Waals surface area contributed by atoms with Gasteiger partial charge < -0.3 is 26.8 Å². The van der Waals surface area contributed by atoms with Crippen LogP contribution < -0.4 is 22.2 Å². The van der Waals surface area contributed by atoms with Gasteiger partial charge in [0.15, 0.2) is 11.3 Å². The van der Waals surface area contributed by atoms with E-state index in [-0.39, 0.29) is 38.3 Å². The molecule has 1 heterocycles. The molecule has 218 valence electrons. The van der Waals surface area contributed by atoms with Crippen LogP contribution in [0.25, 0.3) is 0 Å². The van der Waals surface area contributed by atoms with E-state index in [0.717, 1.165) is 10.5 Å². The normalized spacial score (nSPS) is 17.1. The number of amides is 3. The van der Waals surface area contributed by atoms with Gasteiger partial charge in [-0.25, -0.2) is 0 Å². The van der Waals surface area contributed by atoms with E-state index >= 15 is 0 Å². The fraction of sp³-hybridized carbons (Fsp3) is 0.357. The number of hydrogen-bond acceptors (Lipinski definition) is 8. The Bertz CT molecular complexity index is 1310. The van der Waals surface area contributed by atoms with Gasteiger partial charge in [-0.3, -0.25) is 34.8 Å². The number of hydrogen-bond donors (Lipinski definition) is 6. The van der Waals surface area contributed by atoms with Gasteiger partial charge in [-0.2, -0.15) is 5.01 Å². The Labute approximate surface area is 237 Å². The summed E-state index contributed by atoms with van der Waals surface area (Å²) in [5.41, 5.74) is 13.9. The van der Waals surface area contributed by atoms with Gasteiger partial charge in [-0.15, -0.1) is 0 Å². The molecule has 0 aliphatic carbocycles. The number of benzene rings is 2. The third kappa shape index (κ3) is 7.32. The fourth-order valence-electron chi connectivity index (χ4n) is 4.74. The van der Waals surface area contributed by atoms with Crippen molar-refractivity contribution in [2.24, 2.45) is 11.5 Å². The minimum atomic E-state index is -1.86. The van der Waals surface area contributed by atoms with Crippen LogP contribution in [0.3, 0.4) is 0 Å². The molecule has 13 nitrogen and oxygen atoms in total. The molecule has 2 aromatic rings. The first-order valence-corrected chi connectivity index (χ1v) is 13.1. The molecule has 41 heavy (non-hydrogen) atoms. The highest BCUT2D eigenvalue weighted by Crippen LogP contribution is 2.28. The van der Waals surface area contributed by atoms with Crippen LogP contribution in [0.4, 0.5) is 0 Å². The number of amidine groups is 1. The number of carboxylic acids is 1. The second-order valence-electron chi connectivity index (χ2n) is 9.72. The second-order valence-corrected chi connectivity index (χ2v) is 9.72. The lowest BCUT2D eigenvalue weighted by atomic mass is 9.84. The van der Waals surface area contributed by atoms with E-state index in [1.54, 1.807) is 36.4 Å². The molecule has 3 amide bonds. The number of aliphatic carboxylic acids is 1. The number of carbonyl (C=O) groups is 5. The van der Waals surface area contributed by atoms with Crippen molar-refractivity contribution in [3.05, 3.63) is 70.8 Å². The molecule has 0 aromatic heterocycles. The Balaban J connectivity index is 1.77. The number of Topliss-reactive ketones (excluding diaryl/α,β-unsaturated/α-hetero) is 1. The van der Waals surface area contributed by atoms with Crippen LogP contribution in [0.15, 0.2) is 48.5 Å². The van der Waals surface area contributed by atoms with Crippen LogP contribution in [-0.2, 0) is 20.8 Å². The van der Waals surface area contributed by atoms with E-state index in [0.29, 0.717) is 29.7 Å². The molecular formula is C28H35N7O6. The number of nitrogens with two attached hydrogens (primary N) is 2. The summed E-state index contributed by atoms with van der Waals surface area (Å²) >= 11 is 0. The molecule has 2 aromatic carbocycles. The number of hydrazine groups is 1. The Morgan fingerprint density at radius 2 is 1.56 bits per heavy atom. The average molecular weight is 566 g/mol. The van der Waals surface area contributed by atoms with Crippen LogP contribution in [0.1, 0.15) is 51.6 Å². The van der Waals surface area contributed by atoms with E-state index in [1.807, 2.05) is 0 Å². The lowest BCUT2D eigenvalue weighted by Gasteiger charge is -2.47. The van der Waals surface area contributed by atoms with Gasteiger partial charge in [0.05, 0.1) is 0 Å². The number of carbonyl (C=O) groups excluding carboxylic acids is 4. The monoisotopic (exact) mass is 565 g/mol. The largest absolute Gasteiger partial charge is 0.480 e. The van der Waals surface area contributed by atoms with Gasteiger partial charge in [0.1, 0.15) is 12.4 Å². The smallest absolute Gasteiger partial charge is 0.323 e. The molecule has 1 aliphatic heterocycles. The molecular weight excluding hydrogens is 530 g/mol. The van der Waals surface area contributed by atoms with E-state index in [9.17, 15) is 29.1 Å². The number of nitrogens with one attached hydrogen (secondary N) is 3. The summed E-state index contributed by atoms with van der Waals surface area (Å²) < 4.78 is 0. The molecule has 0 saturated carbocycles. The molecule has 1 saturated heterocycles. The van der Waals surface area contributed by atoms with Crippen molar-refractivity contribution < 1.29 is 29.1 Å². The van der Waals surface area contributed by atoms with Crippen molar-refractivity contribution in [3.8, 4) is 0 Å². The minimum Gasteiger partial charge on any atom is -0.480 e. The SMILES string of the molecule is CC(=O)C1(CCCNC(=O)c2ccc(C(=N)N)cc2)C(=O)N(CC(=O)O)CCN1NC(=O)c1ccc(CCN)cc1. The lowest BCUT2D eigenvalue weighted by Crippen LogP contribution is -2.73. The quantitative estimate of drug-likeness (QED) is 0.0826. The molecule has 13 heteroatoms. The Hall–Kier alpha value is -4.62. The number of rotatable bonds is 13. The first-order valence-electron chi connectivity index (χ1n) is 13.1. The van der Waals surface area contributed by atoms with Gasteiger partial charge in [0, 0.05) is 36.3 Å². The fourth-order valence-corrected chi connectivity index (χ4v) is 4.74.